The smallest absolute Gasteiger partial charge is 0.127 e. The van der Waals surface area contributed by atoms with E-state index in [9.17, 15) is 5.11 Å². The van der Waals surface area contributed by atoms with E-state index in [1.165, 1.54) is 0 Å². The number of aliphatic hydroxyl groups is 1. The van der Waals surface area contributed by atoms with Crippen molar-refractivity contribution < 1.29 is 9.84 Å². The van der Waals surface area contributed by atoms with Crippen LogP contribution in [0.4, 0.5) is 0 Å². The van der Waals surface area contributed by atoms with Gasteiger partial charge in [0.1, 0.15) is 17.6 Å². The predicted molar refractivity (Wildman–Crippen MR) is 81.3 cm³/mol. The molecule has 0 bridgehead atoms. The van der Waals surface area contributed by atoms with E-state index in [1.807, 2.05) is 66.7 Å². The largest absolute Gasteiger partial charge is 0.457 e. The van der Waals surface area contributed by atoms with Crippen molar-refractivity contribution in [1.29, 1.82) is 0 Å². The maximum Gasteiger partial charge on any atom is 0.127 e. The van der Waals surface area contributed by atoms with Crippen LogP contribution in [0.25, 0.3) is 0 Å². The minimum absolute atomic E-state index is 0.634. The summed E-state index contributed by atoms with van der Waals surface area (Å²) < 4.78 is 5.72. The SMILES string of the molecule is OC(c1ccc(Oc2ccccc2)cc1)c1ccccn1. The van der Waals surface area contributed by atoms with Gasteiger partial charge in [-0.3, -0.25) is 4.98 Å². The lowest BCUT2D eigenvalue weighted by atomic mass is 10.1. The van der Waals surface area contributed by atoms with Gasteiger partial charge in [-0.15, -0.1) is 0 Å². The van der Waals surface area contributed by atoms with Crippen LogP contribution >= 0.6 is 0 Å². The predicted octanol–water partition coefficient (Wildman–Crippen LogP) is 3.96. The van der Waals surface area contributed by atoms with E-state index < -0.39 is 6.10 Å². The summed E-state index contributed by atoms with van der Waals surface area (Å²) in [4.78, 5) is 4.16. The van der Waals surface area contributed by atoms with Crippen LogP contribution in [0.1, 0.15) is 17.4 Å². The Morgan fingerprint density at radius 1 is 0.762 bits per heavy atom. The molecule has 0 aliphatic carbocycles. The number of benzene rings is 2. The van der Waals surface area contributed by atoms with E-state index in [1.54, 1.807) is 12.3 Å². The molecule has 0 fully saturated rings. The number of hydrogen-bond donors (Lipinski definition) is 1. The number of ether oxygens (including phenoxy) is 1. The second kappa shape index (κ2) is 6.20. The van der Waals surface area contributed by atoms with Crippen molar-refractivity contribution in [1.82, 2.24) is 4.98 Å². The summed E-state index contributed by atoms with van der Waals surface area (Å²) in [7, 11) is 0. The molecule has 104 valence electrons. The molecule has 3 aromatic rings. The third kappa shape index (κ3) is 3.27. The molecule has 0 aliphatic rings. The molecule has 3 nitrogen and oxygen atoms in total. The van der Waals surface area contributed by atoms with Crippen molar-refractivity contribution in [2.75, 3.05) is 0 Å². The number of para-hydroxylation sites is 1. The number of nitrogens with zero attached hydrogens (tertiary/aromatic N) is 1. The van der Waals surface area contributed by atoms with Crippen molar-refractivity contribution in [2.24, 2.45) is 0 Å². The van der Waals surface area contributed by atoms with Gasteiger partial charge >= 0.3 is 0 Å². The molecular weight excluding hydrogens is 262 g/mol. The van der Waals surface area contributed by atoms with Crippen LogP contribution in [0.2, 0.25) is 0 Å². The first-order valence-electron chi connectivity index (χ1n) is 6.75. The summed E-state index contributed by atoms with van der Waals surface area (Å²) >= 11 is 0. The number of pyridine rings is 1. The van der Waals surface area contributed by atoms with Gasteiger partial charge in [-0.1, -0.05) is 36.4 Å². The van der Waals surface area contributed by atoms with Crippen LogP contribution in [0, 0.1) is 0 Å². The Balaban J connectivity index is 1.75. The molecule has 3 rings (SSSR count). The van der Waals surface area contributed by atoms with E-state index in [2.05, 4.69) is 4.98 Å². The van der Waals surface area contributed by atoms with Gasteiger partial charge in [0.25, 0.3) is 0 Å². The van der Waals surface area contributed by atoms with Crippen molar-refractivity contribution in [3.63, 3.8) is 0 Å². The van der Waals surface area contributed by atoms with Gasteiger partial charge in [-0.05, 0) is 42.0 Å². The van der Waals surface area contributed by atoms with Gasteiger partial charge in [0, 0.05) is 6.20 Å². The van der Waals surface area contributed by atoms with Crippen LogP contribution in [0.5, 0.6) is 11.5 Å². The van der Waals surface area contributed by atoms with E-state index >= 15 is 0 Å². The topological polar surface area (TPSA) is 42.4 Å². The summed E-state index contributed by atoms with van der Waals surface area (Å²) in [5.41, 5.74) is 1.42. The van der Waals surface area contributed by atoms with E-state index in [0.29, 0.717) is 5.69 Å². The molecule has 21 heavy (non-hydrogen) atoms. The molecule has 0 saturated carbocycles. The highest BCUT2D eigenvalue weighted by Gasteiger charge is 2.11. The fraction of sp³-hybridized carbons (Fsp3) is 0.0556. The molecule has 2 aromatic carbocycles. The van der Waals surface area contributed by atoms with E-state index in [4.69, 9.17) is 4.74 Å². The standard InChI is InChI=1S/C18H15NO2/c20-18(17-8-4-5-13-19-17)14-9-11-16(12-10-14)21-15-6-2-1-3-7-15/h1-13,18,20H. The highest BCUT2D eigenvalue weighted by molar-refractivity contribution is 5.35. The number of rotatable bonds is 4. The first kappa shape index (κ1) is 13.3. The third-order valence-electron chi connectivity index (χ3n) is 3.14. The average molecular weight is 277 g/mol. The van der Waals surface area contributed by atoms with E-state index in [0.717, 1.165) is 17.1 Å². The second-order valence-corrected chi connectivity index (χ2v) is 4.64. The van der Waals surface area contributed by atoms with Crippen LogP contribution in [-0.4, -0.2) is 10.1 Å². The summed E-state index contributed by atoms with van der Waals surface area (Å²) in [6, 6.07) is 22.5. The summed E-state index contributed by atoms with van der Waals surface area (Å²) in [5.74, 6) is 1.52. The number of aliphatic hydroxyl groups excluding tert-OH is 1. The average Bonchev–Trinajstić information content (AvgIpc) is 2.57. The molecule has 0 aliphatic heterocycles. The Hall–Kier alpha value is -2.65. The molecule has 0 saturated heterocycles. The Kier molecular flexibility index (Phi) is 3.94. The summed E-state index contributed by atoms with van der Waals surface area (Å²) in [6.45, 7) is 0. The number of aromatic nitrogens is 1. The number of hydrogen-bond acceptors (Lipinski definition) is 3. The lowest BCUT2D eigenvalue weighted by molar-refractivity contribution is 0.215. The molecule has 3 heteroatoms. The molecule has 1 unspecified atom stereocenters. The van der Waals surface area contributed by atoms with Crippen molar-refractivity contribution in [3.8, 4) is 11.5 Å². The normalized spacial score (nSPS) is 11.9. The minimum atomic E-state index is -0.725. The van der Waals surface area contributed by atoms with Crippen LogP contribution in [0.3, 0.4) is 0 Å². The molecule has 0 amide bonds. The fourth-order valence-electron chi connectivity index (χ4n) is 2.05. The second-order valence-electron chi connectivity index (χ2n) is 4.64. The highest BCUT2D eigenvalue weighted by atomic mass is 16.5. The lowest BCUT2D eigenvalue weighted by Gasteiger charge is -2.11. The van der Waals surface area contributed by atoms with Gasteiger partial charge in [0.05, 0.1) is 5.69 Å². The first-order valence-corrected chi connectivity index (χ1v) is 6.75. The van der Waals surface area contributed by atoms with Gasteiger partial charge in [0.2, 0.25) is 0 Å². The Morgan fingerprint density at radius 3 is 2.10 bits per heavy atom. The Labute approximate surface area is 123 Å². The van der Waals surface area contributed by atoms with Gasteiger partial charge < -0.3 is 9.84 Å². The monoisotopic (exact) mass is 277 g/mol. The van der Waals surface area contributed by atoms with Crippen molar-refractivity contribution in [2.45, 2.75) is 6.10 Å². The van der Waals surface area contributed by atoms with Gasteiger partial charge in [0.15, 0.2) is 0 Å². The van der Waals surface area contributed by atoms with Crippen LogP contribution < -0.4 is 4.74 Å². The summed E-state index contributed by atoms with van der Waals surface area (Å²) in [5, 5.41) is 10.3. The van der Waals surface area contributed by atoms with Crippen LogP contribution in [0.15, 0.2) is 79.0 Å². The van der Waals surface area contributed by atoms with Crippen molar-refractivity contribution >= 4 is 0 Å². The maximum absolute atomic E-state index is 10.3. The van der Waals surface area contributed by atoms with E-state index in [-0.39, 0.29) is 0 Å². The zero-order chi connectivity index (χ0) is 14.5. The molecule has 1 N–H and O–H groups in total. The highest BCUT2D eigenvalue weighted by Crippen LogP contribution is 2.25. The summed E-state index contributed by atoms with van der Waals surface area (Å²) in [6.07, 6.45) is 0.947. The lowest BCUT2D eigenvalue weighted by Crippen LogP contribution is -2.01. The van der Waals surface area contributed by atoms with Crippen LogP contribution in [-0.2, 0) is 0 Å². The molecular formula is C18H15NO2. The molecule has 0 radical (unpaired) electrons. The molecule has 0 spiro atoms. The minimum Gasteiger partial charge on any atom is -0.457 e. The maximum atomic E-state index is 10.3. The molecule has 1 atom stereocenters. The van der Waals surface area contributed by atoms with Gasteiger partial charge in [-0.25, -0.2) is 0 Å². The molecule has 1 aromatic heterocycles. The zero-order valence-corrected chi connectivity index (χ0v) is 11.4. The zero-order valence-electron chi connectivity index (χ0n) is 11.4. The Morgan fingerprint density at radius 2 is 1.43 bits per heavy atom. The Bertz CT molecular complexity index is 681. The van der Waals surface area contributed by atoms with Crippen molar-refractivity contribution in [3.05, 3.63) is 90.3 Å². The fourth-order valence-corrected chi connectivity index (χ4v) is 2.05. The quantitative estimate of drug-likeness (QED) is 0.785. The first-order chi connectivity index (χ1) is 10.3. The van der Waals surface area contributed by atoms with Gasteiger partial charge in [-0.2, -0.15) is 0 Å². The molecule has 1 heterocycles. The third-order valence-corrected chi connectivity index (χ3v) is 3.14.